The van der Waals surface area contributed by atoms with Gasteiger partial charge in [0.1, 0.15) is 5.66 Å². The molecule has 174 valence electrons. The van der Waals surface area contributed by atoms with E-state index >= 15 is 0 Å². The van der Waals surface area contributed by atoms with Crippen LogP contribution in [0.15, 0.2) is 73.1 Å². The second kappa shape index (κ2) is 12.7. The molecule has 3 rings (SSSR count). The molecule has 2 unspecified atom stereocenters. The summed E-state index contributed by atoms with van der Waals surface area (Å²) >= 11 is 0. The van der Waals surface area contributed by atoms with Crippen LogP contribution in [-0.4, -0.2) is 28.6 Å². The standard InChI is InChI=1S/C30H44N2/c1-4-7-9-10-17-23-32-25-24-31(22-8-5-2)30(32,26-27-18-13-11-14-19-27)29(6-3)28-20-15-12-16-21-28/h11-16,18-21,24-25,29H,4-10,17,22-23,26H2,1-3H3. The van der Waals surface area contributed by atoms with Crippen LogP contribution < -0.4 is 0 Å². The molecule has 0 saturated carbocycles. The fourth-order valence-corrected chi connectivity index (χ4v) is 5.47. The molecule has 0 aromatic heterocycles. The summed E-state index contributed by atoms with van der Waals surface area (Å²) in [5.41, 5.74) is 2.85. The Kier molecular flexibility index (Phi) is 9.71. The van der Waals surface area contributed by atoms with Gasteiger partial charge in [-0.25, -0.2) is 0 Å². The van der Waals surface area contributed by atoms with Crippen molar-refractivity contribution in [1.29, 1.82) is 0 Å². The fourth-order valence-electron chi connectivity index (χ4n) is 5.47. The van der Waals surface area contributed by atoms with Gasteiger partial charge in [-0.15, -0.1) is 0 Å². The molecular formula is C30H44N2. The molecule has 32 heavy (non-hydrogen) atoms. The van der Waals surface area contributed by atoms with Crippen LogP contribution in [0.25, 0.3) is 0 Å². The van der Waals surface area contributed by atoms with E-state index in [1.807, 2.05) is 0 Å². The van der Waals surface area contributed by atoms with Gasteiger partial charge in [-0.2, -0.15) is 0 Å². The summed E-state index contributed by atoms with van der Waals surface area (Å²) in [5, 5.41) is 0. The Morgan fingerprint density at radius 2 is 1.22 bits per heavy atom. The van der Waals surface area contributed by atoms with Gasteiger partial charge in [0, 0.05) is 37.8 Å². The minimum Gasteiger partial charge on any atom is -0.353 e. The quantitative estimate of drug-likeness (QED) is 0.279. The smallest absolute Gasteiger partial charge is 0.123 e. The predicted molar refractivity (Wildman–Crippen MR) is 139 cm³/mol. The van der Waals surface area contributed by atoms with Gasteiger partial charge in [-0.05, 0) is 30.4 Å². The van der Waals surface area contributed by atoms with Gasteiger partial charge in [-0.1, -0.05) is 114 Å². The largest absolute Gasteiger partial charge is 0.353 e. The van der Waals surface area contributed by atoms with Crippen molar-refractivity contribution in [1.82, 2.24) is 9.80 Å². The van der Waals surface area contributed by atoms with Crippen molar-refractivity contribution in [3.63, 3.8) is 0 Å². The molecule has 0 fully saturated rings. The average molecular weight is 433 g/mol. The zero-order valence-corrected chi connectivity index (χ0v) is 20.7. The number of nitrogens with zero attached hydrogens (tertiary/aromatic N) is 2. The molecule has 1 aliphatic rings. The Morgan fingerprint density at radius 1 is 0.656 bits per heavy atom. The lowest BCUT2D eigenvalue weighted by Gasteiger charge is -2.51. The van der Waals surface area contributed by atoms with Gasteiger partial charge >= 0.3 is 0 Å². The van der Waals surface area contributed by atoms with Gasteiger partial charge in [0.25, 0.3) is 0 Å². The molecule has 0 spiro atoms. The van der Waals surface area contributed by atoms with E-state index in [-0.39, 0.29) is 5.66 Å². The van der Waals surface area contributed by atoms with Crippen molar-refractivity contribution in [2.45, 2.75) is 90.1 Å². The highest BCUT2D eigenvalue weighted by Crippen LogP contribution is 2.45. The SMILES string of the molecule is CCCCCCCN1C=CN(CCCC)C1(Cc1ccccc1)C(CC)c1ccccc1. The monoisotopic (exact) mass is 432 g/mol. The van der Waals surface area contributed by atoms with E-state index in [2.05, 4.69) is 104 Å². The summed E-state index contributed by atoms with van der Waals surface area (Å²) in [4.78, 5) is 5.40. The highest BCUT2D eigenvalue weighted by Gasteiger charge is 2.49. The lowest BCUT2D eigenvalue weighted by molar-refractivity contribution is -0.00355. The number of hydrogen-bond donors (Lipinski definition) is 0. The van der Waals surface area contributed by atoms with Crippen LogP contribution >= 0.6 is 0 Å². The summed E-state index contributed by atoms with van der Waals surface area (Å²) in [6.07, 6.45) is 16.1. The molecule has 0 N–H and O–H groups in total. The molecular weight excluding hydrogens is 388 g/mol. The Morgan fingerprint density at radius 3 is 1.81 bits per heavy atom. The number of hydrogen-bond acceptors (Lipinski definition) is 2. The van der Waals surface area contributed by atoms with E-state index in [1.54, 1.807) is 0 Å². The molecule has 0 aliphatic carbocycles. The molecule has 2 aromatic rings. The third-order valence-corrected chi connectivity index (χ3v) is 7.15. The molecule has 1 aliphatic heterocycles. The predicted octanol–water partition coefficient (Wildman–Crippen LogP) is 7.98. The van der Waals surface area contributed by atoms with E-state index in [4.69, 9.17) is 0 Å². The van der Waals surface area contributed by atoms with Crippen LogP contribution in [0.1, 0.15) is 89.2 Å². The molecule has 0 radical (unpaired) electrons. The number of unbranched alkanes of at least 4 members (excludes halogenated alkanes) is 5. The van der Waals surface area contributed by atoms with Gasteiger partial charge in [0.15, 0.2) is 0 Å². The lowest BCUT2D eigenvalue weighted by Crippen LogP contribution is -2.59. The first kappa shape index (κ1) is 24.4. The van der Waals surface area contributed by atoms with Crippen LogP contribution in [0.3, 0.4) is 0 Å². The van der Waals surface area contributed by atoms with Crippen molar-refractivity contribution in [3.8, 4) is 0 Å². The topological polar surface area (TPSA) is 6.48 Å². The van der Waals surface area contributed by atoms with Crippen molar-refractivity contribution < 1.29 is 0 Å². The van der Waals surface area contributed by atoms with Crippen molar-refractivity contribution in [2.24, 2.45) is 0 Å². The first-order chi connectivity index (χ1) is 15.8. The Labute approximate surface area is 197 Å². The Hall–Kier alpha value is -2.22. The molecule has 1 heterocycles. The Balaban J connectivity index is 1.98. The minimum absolute atomic E-state index is 0.0443. The second-order valence-electron chi connectivity index (χ2n) is 9.37. The maximum absolute atomic E-state index is 2.71. The third-order valence-electron chi connectivity index (χ3n) is 7.15. The third kappa shape index (κ3) is 5.77. The molecule has 0 amide bonds. The minimum atomic E-state index is -0.0443. The maximum Gasteiger partial charge on any atom is 0.123 e. The van der Waals surface area contributed by atoms with Crippen molar-refractivity contribution >= 4 is 0 Å². The summed E-state index contributed by atoms with van der Waals surface area (Å²) in [7, 11) is 0. The molecule has 0 bridgehead atoms. The zero-order chi connectivity index (χ0) is 22.7. The zero-order valence-electron chi connectivity index (χ0n) is 20.7. The van der Waals surface area contributed by atoms with Gasteiger partial charge < -0.3 is 9.80 Å². The van der Waals surface area contributed by atoms with Crippen LogP contribution in [0.5, 0.6) is 0 Å². The second-order valence-corrected chi connectivity index (χ2v) is 9.37. The van der Waals surface area contributed by atoms with Gasteiger partial charge in [0.2, 0.25) is 0 Å². The Bertz CT molecular complexity index is 785. The first-order valence-corrected chi connectivity index (χ1v) is 13.1. The van der Waals surface area contributed by atoms with Gasteiger partial charge in [-0.3, -0.25) is 0 Å². The van der Waals surface area contributed by atoms with Gasteiger partial charge in [0.05, 0.1) is 0 Å². The molecule has 0 saturated heterocycles. The summed E-state index contributed by atoms with van der Waals surface area (Å²) in [5.74, 6) is 0.450. The van der Waals surface area contributed by atoms with E-state index in [0.717, 1.165) is 25.9 Å². The molecule has 2 nitrogen and oxygen atoms in total. The highest BCUT2D eigenvalue weighted by atomic mass is 15.4. The summed E-state index contributed by atoms with van der Waals surface area (Å²) < 4.78 is 0. The molecule has 2 heteroatoms. The number of rotatable bonds is 14. The molecule has 2 aromatic carbocycles. The van der Waals surface area contributed by atoms with E-state index in [1.165, 1.54) is 56.1 Å². The van der Waals surface area contributed by atoms with E-state index < -0.39 is 0 Å². The molecule has 2 atom stereocenters. The van der Waals surface area contributed by atoms with E-state index in [0.29, 0.717) is 5.92 Å². The van der Waals surface area contributed by atoms with Crippen LogP contribution in [0.2, 0.25) is 0 Å². The van der Waals surface area contributed by atoms with Crippen LogP contribution in [0.4, 0.5) is 0 Å². The van der Waals surface area contributed by atoms with Crippen LogP contribution in [-0.2, 0) is 6.42 Å². The number of benzene rings is 2. The summed E-state index contributed by atoms with van der Waals surface area (Å²) in [6, 6.07) is 22.4. The fraction of sp³-hybridized carbons (Fsp3) is 0.533. The van der Waals surface area contributed by atoms with Crippen molar-refractivity contribution in [3.05, 3.63) is 84.2 Å². The maximum atomic E-state index is 2.71. The highest BCUT2D eigenvalue weighted by molar-refractivity contribution is 5.30. The average Bonchev–Trinajstić information content (AvgIpc) is 3.16. The lowest BCUT2D eigenvalue weighted by atomic mass is 9.78. The van der Waals surface area contributed by atoms with E-state index in [9.17, 15) is 0 Å². The van der Waals surface area contributed by atoms with Crippen molar-refractivity contribution in [2.75, 3.05) is 13.1 Å². The van der Waals surface area contributed by atoms with Crippen LogP contribution in [0, 0.1) is 0 Å². The summed E-state index contributed by atoms with van der Waals surface area (Å²) in [6.45, 7) is 9.23. The first-order valence-electron chi connectivity index (χ1n) is 13.1. The normalized spacial score (nSPS) is 19.0.